The summed E-state index contributed by atoms with van der Waals surface area (Å²) in [6.45, 7) is 4.06. The fourth-order valence-corrected chi connectivity index (χ4v) is 8.02. The third kappa shape index (κ3) is 3.65. The van der Waals surface area contributed by atoms with Gasteiger partial charge >= 0.3 is 0 Å². The van der Waals surface area contributed by atoms with Gasteiger partial charge in [0.1, 0.15) is 5.75 Å². The fourth-order valence-electron chi connectivity index (χ4n) is 7.85. The van der Waals surface area contributed by atoms with Gasteiger partial charge in [0.2, 0.25) is 0 Å². The molecule has 1 aromatic heterocycles. The van der Waals surface area contributed by atoms with Crippen LogP contribution >= 0.6 is 11.6 Å². The van der Waals surface area contributed by atoms with E-state index in [1.54, 1.807) is 6.20 Å². The van der Waals surface area contributed by atoms with Crippen molar-refractivity contribution >= 4 is 28.2 Å². The maximum absolute atomic E-state index is 6.25. The first-order valence-corrected chi connectivity index (χ1v) is 14.6. The molecule has 0 bridgehead atoms. The molecule has 2 fully saturated rings. The smallest absolute Gasteiger partial charge is 0.130 e. The summed E-state index contributed by atoms with van der Waals surface area (Å²) in [5.41, 5.74) is 8.32. The summed E-state index contributed by atoms with van der Waals surface area (Å²) in [5.74, 6) is 1.57. The number of fused-ring (bicyclic) bond motifs is 4. The quantitative estimate of drug-likeness (QED) is 0.171. The summed E-state index contributed by atoms with van der Waals surface area (Å²) >= 11 is 6.15. The van der Waals surface area contributed by atoms with Crippen LogP contribution in [0.4, 0.5) is 5.69 Å². The zero-order valence-electron chi connectivity index (χ0n) is 22.0. The molecular formula is C34H32ClN3O. The summed E-state index contributed by atoms with van der Waals surface area (Å²) in [6, 6.07) is 24.4. The van der Waals surface area contributed by atoms with Gasteiger partial charge in [-0.15, -0.1) is 0 Å². The topological polar surface area (TPSA) is 28.6 Å². The first-order valence-electron chi connectivity index (χ1n) is 14.3. The molecule has 4 nitrogen and oxygen atoms in total. The maximum atomic E-state index is 6.25. The number of allylic oxidation sites excluding steroid dienone is 1. The van der Waals surface area contributed by atoms with Crippen molar-refractivity contribution in [3.05, 3.63) is 101 Å². The lowest BCUT2D eigenvalue weighted by atomic mass is 9.67. The van der Waals surface area contributed by atoms with Crippen molar-refractivity contribution in [3.63, 3.8) is 0 Å². The van der Waals surface area contributed by atoms with E-state index in [0.29, 0.717) is 23.6 Å². The maximum Gasteiger partial charge on any atom is 0.130 e. The number of hydrogen-bond acceptors (Lipinski definition) is 4. The monoisotopic (exact) mass is 533 g/mol. The Morgan fingerprint density at radius 2 is 1.87 bits per heavy atom. The van der Waals surface area contributed by atoms with Crippen LogP contribution in [0.5, 0.6) is 5.75 Å². The standard InChI is InChI=1S/C34H32ClN3O/c35-26-9-11-30-31(20-26)36-15-13-32(30)39-17-5-16-37-22-33-34(37)14-4-3-7-25(34)21-38(33)27-10-12-29-24(19-27)18-23-6-1-2-8-28(23)29/h1-4,6,8-13,15,19-20,25,33H,5,7,14,16-18,21-22H2/t25?,33-,34?/m1/s1. The largest absolute Gasteiger partial charge is 0.493 e. The van der Waals surface area contributed by atoms with Crippen LogP contribution in [0, 0.1) is 5.92 Å². The molecule has 39 heavy (non-hydrogen) atoms. The summed E-state index contributed by atoms with van der Waals surface area (Å²) in [6.07, 6.45) is 11.1. The zero-order valence-corrected chi connectivity index (χ0v) is 22.8. The Labute approximate surface area is 234 Å². The van der Waals surface area contributed by atoms with Gasteiger partial charge in [-0.1, -0.05) is 54.1 Å². The molecule has 0 N–H and O–H groups in total. The predicted octanol–water partition coefficient (Wildman–Crippen LogP) is 7.14. The van der Waals surface area contributed by atoms with Crippen molar-refractivity contribution < 1.29 is 4.74 Å². The van der Waals surface area contributed by atoms with E-state index in [2.05, 4.69) is 69.4 Å². The van der Waals surface area contributed by atoms with E-state index >= 15 is 0 Å². The van der Waals surface area contributed by atoms with E-state index in [9.17, 15) is 0 Å². The Morgan fingerprint density at radius 3 is 2.85 bits per heavy atom. The van der Waals surface area contributed by atoms with Crippen LogP contribution in [-0.4, -0.2) is 47.7 Å². The van der Waals surface area contributed by atoms with Crippen LogP contribution in [0.1, 0.15) is 30.4 Å². The van der Waals surface area contributed by atoms with E-state index in [0.717, 1.165) is 55.5 Å². The van der Waals surface area contributed by atoms with Gasteiger partial charge in [-0.2, -0.15) is 0 Å². The summed E-state index contributed by atoms with van der Waals surface area (Å²) in [7, 11) is 0. The second-order valence-electron chi connectivity index (χ2n) is 11.6. The second kappa shape index (κ2) is 9.11. The minimum absolute atomic E-state index is 0.261. The van der Waals surface area contributed by atoms with E-state index in [1.807, 2.05) is 24.3 Å². The average Bonchev–Trinajstić information content (AvgIpc) is 3.45. The van der Waals surface area contributed by atoms with Crippen LogP contribution in [-0.2, 0) is 6.42 Å². The summed E-state index contributed by atoms with van der Waals surface area (Å²) in [5, 5.41) is 1.72. The molecule has 5 heteroatoms. The van der Waals surface area contributed by atoms with E-state index in [1.165, 1.54) is 34.4 Å². The van der Waals surface area contributed by atoms with Gasteiger partial charge in [0, 0.05) is 47.8 Å². The van der Waals surface area contributed by atoms with Crippen molar-refractivity contribution in [1.29, 1.82) is 0 Å². The molecule has 8 rings (SSSR count). The summed E-state index contributed by atoms with van der Waals surface area (Å²) in [4.78, 5) is 9.95. The van der Waals surface area contributed by atoms with Gasteiger partial charge in [-0.25, -0.2) is 0 Å². The lowest BCUT2D eigenvalue weighted by Crippen LogP contribution is -2.73. The van der Waals surface area contributed by atoms with E-state index in [4.69, 9.17) is 16.3 Å². The molecule has 4 aromatic rings. The van der Waals surface area contributed by atoms with Crippen molar-refractivity contribution in [1.82, 2.24) is 9.88 Å². The van der Waals surface area contributed by atoms with Crippen molar-refractivity contribution in [2.75, 3.05) is 31.1 Å². The Balaban J connectivity index is 0.968. The van der Waals surface area contributed by atoms with E-state index in [-0.39, 0.29) is 5.54 Å². The van der Waals surface area contributed by atoms with Crippen molar-refractivity contribution in [3.8, 4) is 16.9 Å². The molecule has 0 radical (unpaired) electrons. The lowest BCUT2D eigenvalue weighted by Gasteiger charge is -2.60. The molecule has 0 amide bonds. The van der Waals surface area contributed by atoms with Gasteiger partial charge in [0.25, 0.3) is 0 Å². The Kier molecular flexibility index (Phi) is 5.50. The first-order chi connectivity index (χ1) is 19.2. The normalized spacial score (nSPS) is 24.7. The van der Waals surface area contributed by atoms with Crippen LogP contribution in [0.25, 0.3) is 22.0 Å². The first kappa shape index (κ1) is 23.5. The fraction of sp³-hybridized carbons (Fsp3) is 0.324. The number of halogens is 1. The molecule has 2 aliphatic carbocycles. The summed E-state index contributed by atoms with van der Waals surface area (Å²) < 4.78 is 6.25. The molecule has 2 aliphatic heterocycles. The van der Waals surface area contributed by atoms with Gasteiger partial charge in [-0.05, 0) is 84.3 Å². The van der Waals surface area contributed by atoms with Gasteiger partial charge in [0.05, 0.1) is 23.7 Å². The number of aromatic nitrogens is 1. The van der Waals surface area contributed by atoms with Gasteiger partial charge in [-0.3, -0.25) is 9.88 Å². The zero-order chi connectivity index (χ0) is 26.0. The molecule has 3 aromatic carbocycles. The number of rotatable bonds is 6. The number of pyridine rings is 1. The van der Waals surface area contributed by atoms with Crippen LogP contribution in [0.2, 0.25) is 5.02 Å². The number of anilines is 1. The third-order valence-corrected chi connectivity index (χ3v) is 9.93. The minimum atomic E-state index is 0.261. The average molecular weight is 534 g/mol. The lowest BCUT2D eigenvalue weighted by molar-refractivity contribution is -0.0524. The van der Waals surface area contributed by atoms with Gasteiger partial charge in [0.15, 0.2) is 0 Å². The highest BCUT2D eigenvalue weighted by Gasteiger charge is 2.63. The Hall–Kier alpha value is -3.34. The SMILES string of the molecule is Clc1ccc2c(OCCCN3C[C@H]4N(c5ccc6c(c5)Cc5ccccc5-6)CC5CC=CCC543)ccnc2c1. The molecule has 3 heterocycles. The number of nitrogens with zero attached hydrogens (tertiary/aromatic N) is 3. The highest BCUT2D eigenvalue weighted by Crippen LogP contribution is 2.53. The molecule has 1 spiro atoms. The second-order valence-corrected chi connectivity index (χ2v) is 12.0. The van der Waals surface area contributed by atoms with Crippen LogP contribution in [0.15, 0.2) is 85.1 Å². The number of hydrogen-bond donors (Lipinski definition) is 0. The van der Waals surface area contributed by atoms with Gasteiger partial charge < -0.3 is 9.64 Å². The van der Waals surface area contributed by atoms with Crippen molar-refractivity contribution in [2.24, 2.45) is 5.92 Å². The molecule has 0 saturated carbocycles. The molecule has 196 valence electrons. The highest BCUT2D eigenvalue weighted by molar-refractivity contribution is 6.31. The van der Waals surface area contributed by atoms with Crippen LogP contribution in [0.3, 0.4) is 0 Å². The number of ether oxygens (including phenoxy) is 1. The molecule has 2 unspecified atom stereocenters. The van der Waals surface area contributed by atoms with Crippen LogP contribution < -0.4 is 9.64 Å². The highest BCUT2D eigenvalue weighted by atomic mass is 35.5. The number of likely N-dealkylation sites (tertiary alicyclic amines) is 1. The Bertz CT molecular complexity index is 1620. The Morgan fingerprint density at radius 1 is 0.949 bits per heavy atom. The molecule has 2 saturated heterocycles. The third-order valence-electron chi connectivity index (χ3n) is 9.70. The van der Waals surface area contributed by atoms with E-state index < -0.39 is 0 Å². The van der Waals surface area contributed by atoms with Crippen molar-refractivity contribution in [2.45, 2.75) is 37.3 Å². The molecule has 3 atom stereocenters. The number of benzene rings is 3. The minimum Gasteiger partial charge on any atom is -0.493 e. The molecule has 4 aliphatic rings. The molecular weight excluding hydrogens is 502 g/mol. The predicted molar refractivity (Wildman–Crippen MR) is 159 cm³/mol.